The van der Waals surface area contributed by atoms with Gasteiger partial charge in [-0.05, 0) is 24.7 Å². The fraction of sp³-hybridized carbons (Fsp3) is 0.857. The molecule has 6 nitrogen and oxygen atoms in total. The van der Waals surface area contributed by atoms with Crippen LogP contribution in [0.15, 0.2) is 0 Å². The molecule has 2 unspecified atom stereocenters. The minimum Gasteiger partial charge on any atom is -0.481 e. The predicted molar refractivity (Wildman–Crippen MR) is 73.5 cm³/mol. The Bertz CT molecular complexity index is 383. The molecule has 20 heavy (non-hydrogen) atoms. The molecule has 0 bridgehead atoms. The highest BCUT2D eigenvalue weighted by Crippen LogP contribution is 2.29. The molecule has 6 heteroatoms. The van der Waals surface area contributed by atoms with Crippen LogP contribution in [0.5, 0.6) is 0 Å². The number of amides is 2. The molecule has 0 aromatic rings. The zero-order chi connectivity index (χ0) is 14.8. The second kappa shape index (κ2) is 5.99. The van der Waals surface area contributed by atoms with E-state index in [0.29, 0.717) is 0 Å². The zero-order valence-electron chi connectivity index (χ0n) is 12.2. The van der Waals surface area contributed by atoms with E-state index >= 15 is 0 Å². The lowest BCUT2D eigenvalue weighted by Gasteiger charge is -2.25. The Kier molecular flexibility index (Phi) is 4.52. The summed E-state index contributed by atoms with van der Waals surface area (Å²) in [5.41, 5.74) is 0.273. The summed E-state index contributed by atoms with van der Waals surface area (Å²) < 4.78 is 5.16. The summed E-state index contributed by atoms with van der Waals surface area (Å²) in [6.07, 6.45) is 3.08. The second-order valence-corrected chi connectivity index (χ2v) is 6.54. The molecule has 2 aliphatic heterocycles. The fourth-order valence-electron chi connectivity index (χ4n) is 2.82. The van der Waals surface area contributed by atoms with Crippen molar-refractivity contribution in [1.29, 1.82) is 0 Å². The number of rotatable bonds is 2. The Labute approximate surface area is 119 Å². The van der Waals surface area contributed by atoms with Crippen LogP contribution in [0.4, 0.5) is 4.79 Å². The number of nitrogens with zero attached hydrogens (tertiary/aromatic N) is 1. The molecule has 2 heterocycles. The Morgan fingerprint density at radius 1 is 1.25 bits per heavy atom. The van der Waals surface area contributed by atoms with Crippen molar-refractivity contribution in [3.8, 4) is 0 Å². The van der Waals surface area contributed by atoms with Crippen molar-refractivity contribution in [1.82, 2.24) is 10.2 Å². The third kappa shape index (κ3) is 3.62. The molecule has 2 atom stereocenters. The van der Waals surface area contributed by atoms with Gasteiger partial charge in [-0.25, -0.2) is 4.79 Å². The van der Waals surface area contributed by atoms with Crippen molar-refractivity contribution in [3.63, 3.8) is 0 Å². The number of carboxylic acid groups (broad SMARTS) is 1. The number of hydrogen-bond donors (Lipinski definition) is 2. The number of likely N-dealkylation sites (tertiary alicyclic amines) is 1. The van der Waals surface area contributed by atoms with Crippen LogP contribution in [-0.4, -0.2) is 54.4 Å². The molecule has 0 aliphatic carbocycles. The smallest absolute Gasteiger partial charge is 0.317 e. The van der Waals surface area contributed by atoms with Crippen LogP contribution in [-0.2, 0) is 9.53 Å². The SMILES string of the molecule is CC1(C)CCCN(C(=O)NC2COCC2C(=O)O)CC1. The van der Waals surface area contributed by atoms with Gasteiger partial charge in [0, 0.05) is 13.1 Å². The van der Waals surface area contributed by atoms with Crippen LogP contribution < -0.4 is 5.32 Å². The number of ether oxygens (including phenoxy) is 1. The molecule has 2 amide bonds. The summed E-state index contributed by atoms with van der Waals surface area (Å²) in [6.45, 7) is 6.36. The van der Waals surface area contributed by atoms with Gasteiger partial charge >= 0.3 is 12.0 Å². The third-order valence-corrected chi connectivity index (χ3v) is 4.33. The molecule has 0 aromatic carbocycles. The monoisotopic (exact) mass is 284 g/mol. The molecule has 2 fully saturated rings. The Morgan fingerprint density at radius 3 is 2.70 bits per heavy atom. The summed E-state index contributed by atoms with van der Waals surface area (Å²) in [7, 11) is 0. The molecule has 2 rings (SSSR count). The summed E-state index contributed by atoms with van der Waals surface area (Å²) in [5, 5.41) is 11.9. The molecule has 0 aromatic heterocycles. The number of nitrogens with one attached hydrogen (secondary N) is 1. The van der Waals surface area contributed by atoms with Gasteiger partial charge in [0.1, 0.15) is 5.92 Å². The van der Waals surface area contributed by atoms with Gasteiger partial charge in [0.2, 0.25) is 0 Å². The molecule has 114 valence electrons. The first kappa shape index (κ1) is 15.1. The van der Waals surface area contributed by atoms with Crippen molar-refractivity contribution in [3.05, 3.63) is 0 Å². The van der Waals surface area contributed by atoms with E-state index in [1.54, 1.807) is 4.90 Å². The summed E-state index contributed by atoms with van der Waals surface area (Å²) >= 11 is 0. The minimum absolute atomic E-state index is 0.163. The largest absolute Gasteiger partial charge is 0.481 e. The van der Waals surface area contributed by atoms with Gasteiger partial charge in [-0.1, -0.05) is 13.8 Å². The lowest BCUT2D eigenvalue weighted by atomic mass is 9.85. The first-order chi connectivity index (χ1) is 9.39. The van der Waals surface area contributed by atoms with Crippen LogP contribution in [0.3, 0.4) is 0 Å². The van der Waals surface area contributed by atoms with E-state index in [1.807, 2.05) is 0 Å². The van der Waals surface area contributed by atoms with E-state index in [2.05, 4.69) is 19.2 Å². The summed E-state index contributed by atoms with van der Waals surface area (Å²) in [5.74, 6) is -1.55. The maximum Gasteiger partial charge on any atom is 0.317 e. The first-order valence-corrected chi connectivity index (χ1v) is 7.25. The second-order valence-electron chi connectivity index (χ2n) is 6.54. The van der Waals surface area contributed by atoms with Crippen LogP contribution >= 0.6 is 0 Å². The molecular formula is C14H24N2O4. The number of carbonyl (C=O) groups excluding carboxylic acids is 1. The van der Waals surface area contributed by atoms with Gasteiger partial charge in [-0.3, -0.25) is 4.79 Å². The average molecular weight is 284 g/mol. The minimum atomic E-state index is -0.912. The van der Waals surface area contributed by atoms with Crippen LogP contribution in [0, 0.1) is 11.3 Å². The van der Waals surface area contributed by atoms with Crippen LogP contribution in [0.2, 0.25) is 0 Å². The van der Waals surface area contributed by atoms with Crippen molar-refractivity contribution in [2.75, 3.05) is 26.3 Å². The normalized spacial score (nSPS) is 29.8. The van der Waals surface area contributed by atoms with E-state index in [1.165, 1.54) is 0 Å². The van der Waals surface area contributed by atoms with E-state index in [4.69, 9.17) is 9.84 Å². The highest BCUT2D eigenvalue weighted by molar-refractivity contribution is 5.77. The number of carbonyl (C=O) groups is 2. The maximum absolute atomic E-state index is 12.3. The molecule has 0 spiro atoms. The quantitative estimate of drug-likeness (QED) is 0.801. The highest BCUT2D eigenvalue weighted by Gasteiger charge is 2.36. The van der Waals surface area contributed by atoms with E-state index < -0.39 is 17.9 Å². The lowest BCUT2D eigenvalue weighted by Crippen LogP contribution is -2.49. The highest BCUT2D eigenvalue weighted by atomic mass is 16.5. The third-order valence-electron chi connectivity index (χ3n) is 4.33. The average Bonchev–Trinajstić information content (AvgIpc) is 2.73. The molecule has 2 N–H and O–H groups in total. The van der Waals surface area contributed by atoms with Crippen LogP contribution in [0.1, 0.15) is 33.1 Å². The topological polar surface area (TPSA) is 78.9 Å². The van der Waals surface area contributed by atoms with Gasteiger partial charge in [-0.15, -0.1) is 0 Å². The Balaban J connectivity index is 1.90. The van der Waals surface area contributed by atoms with Gasteiger partial charge in [0.05, 0.1) is 19.3 Å². The number of aliphatic carboxylic acids is 1. The summed E-state index contributed by atoms with van der Waals surface area (Å²) in [4.78, 5) is 25.1. The number of urea groups is 1. The van der Waals surface area contributed by atoms with Crippen LogP contribution in [0.25, 0.3) is 0 Å². The van der Waals surface area contributed by atoms with E-state index in [0.717, 1.165) is 32.4 Å². The molecule has 2 aliphatic rings. The van der Waals surface area contributed by atoms with Gasteiger partial charge in [0.15, 0.2) is 0 Å². The van der Waals surface area contributed by atoms with Crippen molar-refractivity contribution in [2.24, 2.45) is 11.3 Å². The number of carboxylic acids is 1. The standard InChI is InChI=1S/C14H24N2O4/c1-14(2)4-3-6-16(7-5-14)13(19)15-11-9-20-8-10(11)12(17)18/h10-11H,3-9H2,1-2H3,(H,15,19)(H,17,18). The molecule has 2 saturated heterocycles. The predicted octanol–water partition coefficient (Wildman–Crippen LogP) is 1.31. The van der Waals surface area contributed by atoms with E-state index in [9.17, 15) is 9.59 Å². The van der Waals surface area contributed by atoms with Crippen molar-refractivity contribution in [2.45, 2.75) is 39.2 Å². The van der Waals surface area contributed by atoms with Gasteiger partial charge in [0.25, 0.3) is 0 Å². The first-order valence-electron chi connectivity index (χ1n) is 7.25. The van der Waals surface area contributed by atoms with Gasteiger partial charge < -0.3 is 20.1 Å². The zero-order valence-corrected chi connectivity index (χ0v) is 12.2. The molecule has 0 saturated carbocycles. The summed E-state index contributed by atoms with van der Waals surface area (Å²) in [6, 6.07) is -0.583. The van der Waals surface area contributed by atoms with Gasteiger partial charge in [-0.2, -0.15) is 0 Å². The number of hydrogen-bond acceptors (Lipinski definition) is 3. The van der Waals surface area contributed by atoms with Crippen molar-refractivity contribution < 1.29 is 19.4 Å². The molecule has 0 radical (unpaired) electrons. The lowest BCUT2D eigenvalue weighted by molar-refractivity contribution is -0.142. The van der Waals surface area contributed by atoms with E-state index in [-0.39, 0.29) is 24.7 Å². The fourth-order valence-corrected chi connectivity index (χ4v) is 2.82. The Morgan fingerprint density at radius 2 is 2.00 bits per heavy atom. The molecular weight excluding hydrogens is 260 g/mol. The maximum atomic E-state index is 12.3. The van der Waals surface area contributed by atoms with Crippen molar-refractivity contribution >= 4 is 12.0 Å². The Hall–Kier alpha value is -1.30.